The van der Waals surface area contributed by atoms with Crippen molar-refractivity contribution in [2.24, 2.45) is 29.1 Å². The molecule has 1 aliphatic carbocycles. The molecule has 0 spiro atoms. The first-order valence-electron chi connectivity index (χ1n) is 15.8. The van der Waals surface area contributed by atoms with Crippen LogP contribution in [0.15, 0.2) is 0 Å². The highest BCUT2D eigenvalue weighted by molar-refractivity contribution is 5.75. The summed E-state index contributed by atoms with van der Waals surface area (Å²) in [5.74, 6) is 1.72. The van der Waals surface area contributed by atoms with Crippen molar-refractivity contribution in [1.82, 2.24) is 0 Å². The van der Waals surface area contributed by atoms with E-state index in [4.69, 9.17) is 0 Å². The number of aliphatic carboxylic acids is 1. The molecule has 0 aliphatic heterocycles. The molecule has 1 fully saturated rings. The van der Waals surface area contributed by atoms with E-state index in [-0.39, 0.29) is 0 Å². The first-order chi connectivity index (χ1) is 16.5. The van der Waals surface area contributed by atoms with Crippen molar-refractivity contribution in [3.05, 3.63) is 0 Å². The molecule has 2 heteroatoms. The number of unbranched alkanes of at least 4 members (excludes halogenated alkanes) is 12. The summed E-state index contributed by atoms with van der Waals surface area (Å²) < 4.78 is 0. The molecule has 1 aliphatic rings. The van der Waals surface area contributed by atoms with E-state index in [1.54, 1.807) is 0 Å². The Labute approximate surface area is 214 Å². The van der Waals surface area contributed by atoms with Crippen molar-refractivity contribution in [2.45, 2.75) is 169 Å². The van der Waals surface area contributed by atoms with Crippen LogP contribution in [0.3, 0.4) is 0 Å². The molecule has 5 atom stereocenters. The highest BCUT2D eigenvalue weighted by Gasteiger charge is 2.56. The molecular formula is C32H62O2. The normalized spacial score (nSPS) is 21.2. The number of hydrogen-bond acceptors (Lipinski definition) is 1. The number of hydrogen-bond donors (Lipinski definition) is 1. The molecule has 1 N–H and O–H groups in total. The fourth-order valence-corrected chi connectivity index (χ4v) is 7.09. The second-order valence-electron chi connectivity index (χ2n) is 11.7. The summed E-state index contributed by atoms with van der Waals surface area (Å²) in [5.41, 5.74) is -0.508. The number of carboxylic acids is 1. The van der Waals surface area contributed by atoms with Gasteiger partial charge in [0.25, 0.3) is 0 Å². The van der Waals surface area contributed by atoms with Gasteiger partial charge in [0.1, 0.15) is 0 Å². The van der Waals surface area contributed by atoms with Gasteiger partial charge in [0, 0.05) is 0 Å². The lowest BCUT2D eigenvalue weighted by Crippen LogP contribution is -2.46. The smallest absolute Gasteiger partial charge is 0.310 e. The highest BCUT2D eigenvalue weighted by Crippen LogP contribution is 2.59. The standard InChI is InChI=1S/C32H62O2/c1-6-11-14-17-19-20-23-27-26-29(27)30(25-22-16-13-8-3)32(10-5,31(33)34)28(9-4)24-21-18-15-12-7-2/h27-30H,6-26H2,1-5H3,(H,33,34). The Balaban J connectivity index is 2.88. The van der Waals surface area contributed by atoms with Crippen molar-refractivity contribution < 1.29 is 9.90 Å². The zero-order valence-electron chi connectivity index (χ0n) is 24.0. The Morgan fingerprint density at radius 2 is 1.24 bits per heavy atom. The number of rotatable bonds is 24. The van der Waals surface area contributed by atoms with E-state index in [2.05, 4.69) is 34.6 Å². The molecule has 0 heterocycles. The van der Waals surface area contributed by atoms with Crippen molar-refractivity contribution >= 4 is 5.97 Å². The molecule has 2 nitrogen and oxygen atoms in total. The lowest BCUT2D eigenvalue weighted by molar-refractivity contribution is -0.160. The first-order valence-corrected chi connectivity index (χ1v) is 15.8. The molecule has 1 saturated carbocycles. The van der Waals surface area contributed by atoms with Crippen LogP contribution >= 0.6 is 0 Å². The van der Waals surface area contributed by atoms with Crippen molar-refractivity contribution in [3.63, 3.8) is 0 Å². The van der Waals surface area contributed by atoms with Crippen LogP contribution < -0.4 is 0 Å². The largest absolute Gasteiger partial charge is 0.481 e. The van der Waals surface area contributed by atoms with Crippen LogP contribution in [0.4, 0.5) is 0 Å². The molecule has 0 aromatic carbocycles. The molecule has 5 unspecified atom stereocenters. The first kappa shape index (κ1) is 31.5. The van der Waals surface area contributed by atoms with Crippen LogP contribution in [0.2, 0.25) is 0 Å². The summed E-state index contributed by atoms with van der Waals surface area (Å²) >= 11 is 0. The molecule has 1 rings (SSSR count). The zero-order valence-corrected chi connectivity index (χ0v) is 24.0. The van der Waals surface area contributed by atoms with Gasteiger partial charge >= 0.3 is 5.97 Å². The third-order valence-electron chi connectivity index (χ3n) is 9.31. The topological polar surface area (TPSA) is 37.3 Å². The van der Waals surface area contributed by atoms with E-state index in [0.717, 1.165) is 31.6 Å². The van der Waals surface area contributed by atoms with Gasteiger partial charge in [-0.05, 0) is 49.4 Å². The Bertz CT molecular complexity index is 501. The molecular weight excluding hydrogens is 416 g/mol. The maximum Gasteiger partial charge on any atom is 0.310 e. The Morgan fingerprint density at radius 1 is 0.735 bits per heavy atom. The molecule has 0 saturated heterocycles. The van der Waals surface area contributed by atoms with Gasteiger partial charge in [-0.15, -0.1) is 0 Å². The minimum atomic E-state index is -0.508. The van der Waals surface area contributed by atoms with Crippen LogP contribution in [0.5, 0.6) is 0 Å². The van der Waals surface area contributed by atoms with E-state index < -0.39 is 11.4 Å². The summed E-state index contributed by atoms with van der Waals surface area (Å²) in [6, 6.07) is 0. The fraction of sp³-hybridized carbons (Fsp3) is 0.969. The summed E-state index contributed by atoms with van der Waals surface area (Å²) in [6.45, 7) is 11.3. The average Bonchev–Trinajstić information content (AvgIpc) is 3.60. The second kappa shape index (κ2) is 18.7. The number of carbonyl (C=O) groups is 1. The van der Waals surface area contributed by atoms with E-state index in [1.807, 2.05) is 0 Å². The molecule has 202 valence electrons. The Hall–Kier alpha value is -0.530. The maximum absolute atomic E-state index is 13.1. The van der Waals surface area contributed by atoms with Gasteiger partial charge in [-0.1, -0.05) is 144 Å². The van der Waals surface area contributed by atoms with Crippen LogP contribution in [-0.4, -0.2) is 11.1 Å². The predicted octanol–water partition coefficient (Wildman–Crippen LogP) is 10.8. The molecule has 0 aromatic rings. The lowest BCUT2D eigenvalue weighted by atomic mass is 9.59. The number of carboxylic acid groups (broad SMARTS) is 1. The molecule has 34 heavy (non-hydrogen) atoms. The minimum absolute atomic E-state index is 0.336. The van der Waals surface area contributed by atoms with Gasteiger partial charge in [-0.25, -0.2) is 0 Å². The van der Waals surface area contributed by atoms with Gasteiger partial charge in [-0.3, -0.25) is 4.79 Å². The summed E-state index contributed by atoms with van der Waals surface area (Å²) in [6.07, 6.45) is 26.3. The predicted molar refractivity (Wildman–Crippen MR) is 149 cm³/mol. The Morgan fingerprint density at radius 3 is 1.76 bits per heavy atom. The third-order valence-corrected chi connectivity index (χ3v) is 9.31. The average molecular weight is 479 g/mol. The van der Waals surface area contributed by atoms with Crippen LogP contribution in [0, 0.1) is 29.1 Å². The van der Waals surface area contributed by atoms with Gasteiger partial charge < -0.3 is 5.11 Å². The van der Waals surface area contributed by atoms with Crippen molar-refractivity contribution in [1.29, 1.82) is 0 Å². The van der Waals surface area contributed by atoms with E-state index in [1.165, 1.54) is 109 Å². The van der Waals surface area contributed by atoms with Crippen molar-refractivity contribution in [2.75, 3.05) is 0 Å². The minimum Gasteiger partial charge on any atom is -0.481 e. The van der Waals surface area contributed by atoms with E-state index >= 15 is 0 Å². The second-order valence-corrected chi connectivity index (χ2v) is 11.7. The summed E-state index contributed by atoms with van der Waals surface area (Å²) in [4.78, 5) is 13.1. The zero-order chi connectivity index (χ0) is 25.2. The van der Waals surface area contributed by atoms with Crippen LogP contribution in [0.1, 0.15) is 169 Å². The van der Waals surface area contributed by atoms with Crippen LogP contribution in [0.25, 0.3) is 0 Å². The maximum atomic E-state index is 13.1. The molecule has 0 amide bonds. The molecule has 0 bridgehead atoms. The van der Waals surface area contributed by atoms with Gasteiger partial charge in [-0.2, -0.15) is 0 Å². The van der Waals surface area contributed by atoms with Gasteiger partial charge in [0.15, 0.2) is 0 Å². The van der Waals surface area contributed by atoms with E-state index in [0.29, 0.717) is 17.8 Å². The van der Waals surface area contributed by atoms with Gasteiger partial charge in [0.05, 0.1) is 5.41 Å². The lowest BCUT2D eigenvalue weighted by Gasteiger charge is -2.43. The summed E-state index contributed by atoms with van der Waals surface area (Å²) in [7, 11) is 0. The highest BCUT2D eigenvalue weighted by atomic mass is 16.4. The summed E-state index contributed by atoms with van der Waals surface area (Å²) in [5, 5.41) is 10.8. The quantitative estimate of drug-likeness (QED) is 0.140. The SMILES string of the molecule is CCCCCCCCC1CC1C(CCCCCC)C(CC)(C(=O)O)C(CC)CCCCCCC. The molecule has 0 radical (unpaired) electrons. The van der Waals surface area contributed by atoms with Crippen LogP contribution in [-0.2, 0) is 4.79 Å². The Kier molecular flexibility index (Phi) is 17.3. The van der Waals surface area contributed by atoms with Crippen molar-refractivity contribution in [3.8, 4) is 0 Å². The third kappa shape index (κ3) is 10.2. The molecule has 0 aromatic heterocycles. The monoisotopic (exact) mass is 478 g/mol. The fourth-order valence-electron chi connectivity index (χ4n) is 7.09. The van der Waals surface area contributed by atoms with Gasteiger partial charge in [0.2, 0.25) is 0 Å². The van der Waals surface area contributed by atoms with E-state index in [9.17, 15) is 9.90 Å².